The molecule has 4 aromatic rings. The number of hydrogen-bond donors (Lipinski definition) is 1. The number of anilines is 1. The molecule has 0 unspecified atom stereocenters. The molecule has 6 heteroatoms. The summed E-state index contributed by atoms with van der Waals surface area (Å²) in [6.45, 7) is 3.91. The number of fused-ring (bicyclic) bond motifs is 1. The average molecular weight is 539 g/mol. The minimum absolute atomic E-state index is 0.0132. The number of aryl methyl sites for hydroxylation is 1. The lowest BCUT2D eigenvalue weighted by molar-refractivity contribution is -0.141. The zero-order valence-corrected chi connectivity index (χ0v) is 24.1. The Labute approximate surface area is 238 Å². The van der Waals surface area contributed by atoms with Gasteiger partial charge in [0.15, 0.2) is 0 Å². The van der Waals surface area contributed by atoms with E-state index in [-0.39, 0.29) is 18.4 Å². The Morgan fingerprint density at radius 2 is 1.48 bits per heavy atom. The third-order valence-electron chi connectivity index (χ3n) is 7.44. The Bertz CT molecular complexity index is 1360. The molecule has 210 valence electrons. The van der Waals surface area contributed by atoms with E-state index in [9.17, 15) is 9.59 Å². The Balaban J connectivity index is 1.48. The Morgan fingerprint density at radius 3 is 2.20 bits per heavy atom. The van der Waals surface area contributed by atoms with Gasteiger partial charge in [0.2, 0.25) is 11.8 Å². The van der Waals surface area contributed by atoms with Crippen LogP contribution in [0.15, 0.2) is 85.1 Å². The van der Waals surface area contributed by atoms with Crippen LogP contribution >= 0.6 is 0 Å². The molecule has 0 radical (unpaired) electrons. The maximum absolute atomic E-state index is 13.8. The third-order valence-corrected chi connectivity index (χ3v) is 7.44. The van der Waals surface area contributed by atoms with Crippen LogP contribution in [-0.4, -0.2) is 60.3 Å². The lowest BCUT2D eigenvalue weighted by Gasteiger charge is -2.28. The molecule has 0 fully saturated rings. The largest absolute Gasteiger partial charge is 0.378 e. The van der Waals surface area contributed by atoms with Crippen LogP contribution in [0.4, 0.5) is 5.69 Å². The fraction of sp³-hybridized carbons (Fsp3) is 0.353. The van der Waals surface area contributed by atoms with Crippen molar-refractivity contribution in [3.05, 3.63) is 102 Å². The number of para-hydroxylation sites is 1. The molecule has 1 aromatic heterocycles. The summed E-state index contributed by atoms with van der Waals surface area (Å²) in [4.78, 5) is 36.2. The molecule has 0 aliphatic heterocycles. The van der Waals surface area contributed by atoms with Crippen LogP contribution < -0.4 is 4.90 Å². The van der Waals surface area contributed by atoms with E-state index >= 15 is 0 Å². The average Bonchev–Trinajstić information content (AvgIpc) is 3.39. The van der Waals surface area contributed by atoms with E-state index in [1.807, 2.05) is 67.7 Å². The number of aromatic nitrogens is 1. The summed E-state index contributed by atoms with van der Waals surface area (Å²) in [6, 6.07) is 26.6. The first-order valence-corrected chi connectivity index (χ1v) is 14.4. The highest BCUT2D eigenvalue weighted by molar-refractivity contribution is 5.85. The number of nitrogens with one attached hydrogen (secondary N) is 1. The van der Waals surface area contributed by atoms with Crippen LogP contribution in [0.5, 0.6) is 0 Å². The van der Waals surface area contributed by atoms with Crippen molar-refractivity contribution in [3.8, 4) is 0 Å². The maximum atomic E-state index is 13.8. The highest BCUT2D eigenvalue weighted by Gasteiger charge is 2.22. The molecule has 0 saturated heterocycles. The quantitative estimate of drug-likeness (QED) is 0.212. The van der Waals surface area contributed by atoms with Crippen LogP contribution in [0.3, 0.4) is 0 Å². The van der Waals surface area contributed by atoms with E-state index in [1.165, 1.54) is 10.9 Å². The Morgan fingerprint density at radius 1 is 0.750 bits per heavy atom. The number of unbranched alkanes of at least 4 members (excludes halogenated alkanes) is 1. The zero-order chi connectivity index (χ0) is 28.3. The van der Waals surface area contributed by atoms with Gasteiger partial charge in [-0.2, -0.15) is 0 Å². The summed E-state index contributed by atoms with van der Waals surface area (Å²) in [5.74, 6) is 0.0262. The fourth-order valence-corrected chi connectivity index (χ4v) is 4.96. The number of carbonyl (C=O) groups is 2. The molecule has 6 nitrogen and oxygen atoms in total. The number of aromatic amines is 1. The van der Waals surface area contributed by atoms with Gasteiger partial charge in [-0.05, 0) is 54.2 Å². The van der Waals surface area contributed by atoms with Crippen LogP contribution in [0.1, 0.15) is 42.9 Å². The highest BCUT2D eigenvalue weighted by atomic mass is 16.2. The molecule has 1 heterocycles. The minimum Gasteiger partial charge on any atom is -0.378 e. The van der Waals surface area contributed by atoms with Gasteiger partial charge >= 0.3 is 0 Å². The fourth-order valence-electron chi connectivity index (χ4n) is 4.96. The molecule has 0 aliphatic carbocycles. The molecular formula is C34H42N4O2. The molecule has 0 saturated carbocycles. The van der Waals surface area contributed by atoms with Gasteiger partial charge in [-0.3, -0.25) is 9.59 Å². The lowest BCUT2D eigenvalue weighted by atomic mass is 10.1. The summed E-state index contributed by atoms with van der Waals surface area (Å²) in [5.41, 5.74) is 5.63. The lowest BCUT2D eigenvalue weighted by Crippen LogP contribution is -2.43. The van der Waals surface area contributed by atoms with Gasteiger partial charge in [0, 0.05) is 62.9 Å². The number of nitrogens with zero attached hydrogens (tertiary/aromatic N) is 3. The van der Waals surface area contributed by atoms with Crippen molar-refractivity contribution in [3.63, 3.8) is 0 Å². The van der Waals surface area contributed by atoms with Crippen LogP contribution in [0.25, 0.3) is 10.9 Å². The summed E-state index contributed by atoms with van der Waals surface area (Å²) < 4.78 is 0. The van der Waals surface area contributed by atoms with Gasteiger partial charge in [-0.25, -0.2) is 0 Å². The molecule has 0 bridgehead atoms. The molecule has 0 spiro atoms. The molecular weight excluding hydrogens is 496 g/mol. The van der Waals surface area contributed by atoms with E-state index in [1.54, 1.807) is 4.90 Å². The number of H-pyrrole nitrogens is 1. The van der Waals surface area contributed by atoms with Crippen molar-refractivity contribution in [1.29, 1.82) is 0 Å². The minimum atomic E-state index is -0.0132. The van der Waals surface area contributed by atoms with Gasteiger partial charge in [-0.15, -0.1) is 0 Å². The van der Waals surface area contributed by atoms with Crippen molar-refractivity contribution >= 4 is 28.4 Å². The van der Waals surface area contributed by atoms with E-state index < -0.39 is 0 Å². The van der Waals surface area contributed by atoms with Crippen molar-refractivity contribution in [2.45, 2.75) is 45.6 Å². The molecule has 0 aliphatic rings. The Hall–Kier alpha value is -4.06. The number of rotatable bonds is 14. The van der Waals surface area contributed by atoms with Gasteiger partial charge in [0.05, 0.1) is 6.54 Å². The molecule has 2 amide bonds. The molecule has 4 rings (SSSR count). The van der Waals surface area contributed by atoms with E-state index in [2.05, 4.69) is 53.2 Å². The number of hydrogen-bond acceptors (Lipinski definition) is 3. The first-order valence-electron chi connectivity index (χ1n) is 14.4. The maximum Gasteiger partial charge on any atom is 0.242 e. The van der Waals surface area contributed by atoms with Gasteiger partial charge in [0.25, 0.3) is 0 Å². The first kappa shape index (κ1) is 28.9. The zero-order valence-electron chi connectivity index (χ0n) is 24.1. The second-order valence-electron chi connectivity index (χ2n) is 10.6. The predicted molar refractivity (Wildman–Crippen MR) is 164 cm³/mol. The molecule has 3 aromatic carbocycles. The predicted octanol–water partition coefficient (Wildman–Crippen LogP) is 6.07. The van der Waals surface area contributed by atoms with Gasteiger partial charge in [0.1, 0.15) is 0 Å². The number of carbonyl (C=O) groups excluding carboxylic acids is 2. The second-order valence-corrected chi connectivity index (χ2v) is 10.6. The molecule has 0 atom stereocenters. The summed E-state index contributed by atoms with van der Waals surface area (Å²) >= 11 is 0. The normalized spacial score (nSPS) is 11.0. The van der Waals surface area contributed by atoms with Gasteiger partial charge < -0.3 is 19.7 Å². The summed E-state index contributed by atoms with van der Waals surface area (Å²) in [6.07, 6.45) is 5.72. The first-order chi connectivity index (χ1) is 19.4. The monoisotopic (exact) mass is 538 g/mol. The summed E-state index contributed by atoms with van der Waals surface area (Å²) in [7, 11) is 4.04. The van der Waals surface area contributed by atoms with E-state index in [4.69, 9.17) is 0 Å². The van der Waals surface area contributed by atoms with Crippen molar-refractivity contribution in [2.75, 3.05) is 38.6 Å². The van der Waals surface area contributed by atoms with E-state index in [0.29, 0.717) is 32.5 Å². The van der Waals surface area contributed by atoms with Crippen LogP contribution in [0, 0.1) is 0 Å². The van der Waals surface area contributed by atoms with Crippen molar-refractivity contribution < 1.29 is 9.59 Å². The van der Waals surface area contributed by atoms with Gasteiger partial charge in [-0.1, -0.05) is 74.0 Å². The van der Waals surface area contributed by atoms with Crippen LogP contribution in [-0.2, 0) is 29.0 Å². The Kier molecular flexibility index (Phi) is 10.4. The smallest absolute Gasteiger partial charge is 0.242 e. The summed E-state index contributed by atoms with van der Waals surface area (Å²) in [5, 5.41) is 1.19. The van der Waals surface area contributed by atoms with E-state index in [0.717, 1.165) is 41.6 Å². The van der Waals surface area contributed by atoms with Crippen LogP contribution in [0.2, 0.25) is 0 Å². The third kappa shape index (κ3) is 7.98. The second kappa shape index (κ2) is 14.4. The number of amides is 2. The van der Waals surface area contributed by atoms with Crippen molar-refractivity contribution in [2.24, 2.45) is 0 Å². The van der Waals surface area contributed by atoms with Crippen molar-refractivity contribution in [1.82, 2.24) is 14.8 Å². The number of benzene rings is 3. The standard InChI is InChI=1S/C34H42N4O2/c1-4-5-22-37(33(39)20-17-27-11-7-6-8-12-27)26-34(40)38(25-28-15-18-30(19-16-28)36(2)3)23-21-29-24-35-32-14-10-9-13-31(29)32/h6-16,18-19,24,35H,4-5,17,20-23,25-26H2,1-3H3. The highest BCUT2D eigenvalue weighted by Crippen LogP contribution is 2.20. The SMILES string of the molecule is CCCCN(CC(=O)N(CCc1c[nH]c2ccccc12)Cc1ccc(N(C)C)cc1)C(=O)CCc1ccccc1. The molecule has 40 heavy (non-hydrogen) atoms. The topological polar surface area (TPSA) is 59.7 Å². The molecule has 1 N–H and O–H groups in total.